The first-order chi connectivity index (χ1) is 14.8. The minimum atomic E-state index is -1.35. The van der Waals surface area contributed by atoms with Crippen molar-refractivity contribution in [2.45, 2.75) is 25.1 Å². The first kappa shape index (κ1) is 24.5. The van der Waals surface area contributed by atoms with E-state index in [1.165, 1.54) is 7.11 Å². The molecule has 0 radical (unpaired) electrons. The Kier molecular flexibility index (Phi) is 9.58. The first-order valence-electron chi connectivity index (χ1n) is 9.24. The molecular weight excluding hydrogens is 447 g/mol. The van der Waals surface area contributed by atoms with Gasteiger partial charge in [0.1, 0.15) is 18.7 Å². The lowest BCUT2D eigenvalue weighted by molar-refractivity contribution is -0.145. The van der Waals surface area contributed by atoms with Crippen LogP contribution in [0.1, 0.15) is 11.1 Å². The number of amides is 2. The number of aliphatic hydroxyl groups is 1. The summed E-state index contributed by atoms with van der Waals surface area (Å²) < 4.78 is 9.78. The van der Waals surface area contributed by atoms with Crippen molar-refractivity contribution < 1.29 is 29.0 Å². The van der Waals surface area contributed by atoms with E-state index >= 15 is 0 Å². The van der Waals surface area contributed by atoms with Crippen LogP contribution in [0.4, 0.5) is 4.79 Å². The van der Waals surface area contributed by atoms with Crippen LogP contribution in [0.2, 0.25) is 10.0 Å². The summed E-state index contributed by atoms with van der Waals surface area (Å²) in [6.07, 6.45) is -0.949. The number of hydrogen-bond donors (Lipinski definition) is 3. The van der Waals surface area contributed by atoms with Gasteiger partial charge in [-0.1, -0.05) is 59.6 Å². The minimum absolute atomic E-state index is 0.0117. The maximum absolute atomic E-state index is 12.6. The maximum atomic E-state index is 12.6. The molecular formula is C21H22Cl2N2O6. The zero-order valence-corrected chi connectivity index (χ0v) is 18.2. The fraction of sp³-hybridized carbons (Fsp3) is 0.286. The quantitative estimate of drug-likeness (QED) is 0.487. The number of methoxy groups -OCH3 is 1. The van der Waals surface area contributed by atoms with E-state index in [2.05, 4.69) is 10.6 Å². The molecule has 0 saturated carbocycles. The number of rotatable bonds is 9. The Morgan fingerprint density at radius 3 is 2.19 bits per heavy atom. The molecule has 2 atom stereocenters. The standard InChI is InChI=1S/C21H22Cl2N2O6/c1-30-20(28)17(10-14-15(22)8-5-9-16(14)23)24-19(27)18(11-26)25-21(29)31-12-13-6-3-2-4-7-13/h2-9,17-18,26H,10-12H2,1H3,(H,24,27)(H,25,29)/t17-,18+/m1/s1. The number of carbonyl (C=O) groups excluding carboxylic acids is 3. The third kappa shape index (κ3) is 7.43. The topological polar surface area (TPSA) is 114 Å². The van der Waals surface area contributed by atoms with Crippen LogP contribution in [0, 0.1) is 0 Å². The molecule has 0 saturated heterocycles. The second kappa shape index (κ2) is 12.1. The summed E-state index contributed by atoms with van der Waals surface area (Å²) in [6.45, 7) is -0.727. The molecule has 0 aliphatic heterocycles. The highest BCUT2D eigenvalue weighted by atomic mass is 35.5. The number of ether oxygens (including phenoxy) is 2. The third-order valence-electron chi connectivity index (χ3n) is 4.28. The summed E-state index contributed by atoms with van der Waals surface area (Å²) in [5.41, 5.74) is 1.20. The van der Waals surface area contributed by atoms with Crippen LogP contribution in [-0.4, -0.2) is 48.9 Å². The van der Waals surface area contributed by atoms with Gasteiger partial charge in [-0.3, -0.25) is 4.79 Å². The van der Waals surface area contributed by atoms with Crippen LogP contribution >= 0.6 is 23.2 Å². The summed E-state index contributed by atoms with van der Waals surface area (Å²) in [4.78, 5) is 36.7. The van der Waals surface area contributed by atoms with E-state index in [1.54, 1.807) is 42.5 Å². The molecule has 2 rings (SSSR count). The Bertz CT molecular complexity index is 890. The number of aliphatic hydroxyl groups excluding tert-OH is 1. The Morgan fingerprint density at radius 1 is 0.968 bits per heavy atom. The van der Waals surface area contributed by atoms with Crippen LogP contribution < -0.4 is 10.6 Å². The van der Waals surface area contributed by atoms with E-state index in [0.29, 0.717) is 15.6 Å². The average molecular weight is 469 g/mol. The fourth-order valence-corrected chi connectivity index (χ4v) is 3.19. The van der Waals surface area contributed by atoms with E-state index in [4.69, 9.17) is 32.7 Å². The number of nitrogens with one attached hydrogen (secondary N) is 2. The molecule has 0 bridgehead atoms. The van der Waals surface area contributed by atoms with Gasteiger partial charge < -0.3 is 25.2 Å². The second-order valence-corrected chi connectivity index (χ2v) is 7.24. The third-order valence-corrected chi connectivity index (χ3v) is 4.98. The van der Waals surface area contributed by atoms with Crippen molar-refractivity contribution in [1.82, 2.24) is 10.6 Å². The zero-order chi connectivity index (χ0) is 22.8. The second-order valence-electron chi connectivity index (χ2n) is 6.43. The first-order valence-corrected chi connectivity index (χ1v) is 10.0. The summed E-state index contributed by atoms with van der Waals surface area (Å²) in [5.74, 6) is -1.55. The summed E-state index contributed by atoms with van der Waals surface area (Å²) in [5, 5.41) is 14.9. The van der Waals surface area contributed by atoms with Crippen LogP contribution in [-0.2, 0) is 32.1 Å². The van der Waals surface area contributed by atoms with Crippen LogP contribution in [0.3, 0.4) is 0 Å². The zero-order valence-electron chi connectivity index (χ0n) is 16.6. The Labute approximate surface area is 189 Å². The number of hydrogen-bond acceptors (Lipinski definition) is 6. The number of esters is 1. The molecule has 0 unspecified atom stereocenters. The van der Waals surface area contributed by atoms with Gasteiger partial charge in [-0.05, 0) is 23.3 Å². The molecule has 166 valence electrons. The molecule has 2 amide bonds. The molecule has 0 aromatic heterocycles. The molecule has 10 heteroatoms. The number of halogens is 2. The molecule has 2 aromatic rings. The molecule has 8 nitrogen and oxygen atoms in total. The predicted molar refractivity (Wildman–Crippen MR) is 115 cm³/mol. The van der Waals surface area contributed by atoms with Crippen molar-refractivity contribution in [2.75, 3.05) is 13.7 Å². The van der Waals surface area contributed by atoms with Crippen molar-refractivity contribution >= 4 is 41.2 Å². The van der Waals surface area contributed by atoms with Gasteiger partial charge in [0.15, 0.2) is 0 Å². The largest absolute Gasteiger partial charge is 0.467 e. The van der Waals surface area contributed by atoms with Crippen molar-refractivity contribution in [3.8, 4) is 0 Å². The van der Waals surface area contributed by atoms with Crippen LogP contribution in [0.5, 0.6) is 0 Å². The normalized spacial score (nSPS) is 12.4. The van der Waals surface area contributed by atoms with Gasteiger partial charge in [0.25, 0.3) is 0 Å². The van der Waals surface area contributed by atoms with Crippen molar-refractivity contribution in [2.24, 2.45) is 0 Å². The predicted octanol–water partition coefficient (Wildman–Crippen LogP) is 2.48. The van der Waals surface area contributed by atoms with E-state index in [1.807, 2.05) is 6.07 Å². The van der Waals surface area contributed by atoms with Crippen molar-refractivity contribution in [3.63, 3.8) is 0 Å². The van der Waals surface area contributed by atoms with E-state index in [-0.39, 0.29) is 13.0 Å². The van der Waals surface area contributed by atoms with Gasteiger partial charge in [0, 0.05) is 16.5 Å². The average Bonchev–Trinajstić information content (AvgIpc) is 2.77. The lowest BCUT2D eigenvalue weighted by atomic mass is 10.1. The monoisotopic (exact) mass is 468 g/mol. The smallest absolute Gasteiger partial charge is 0.408 e. The van der Waals surface area contributed by atoms with Gasteiger partial charge in [0.05, 0.1) is 13.7 Å². The molecule has 31 heavy (non-hydrogen) atoms. The Balaban J connectivity index is 2.01. The van der Waals surface area contributed by atoms with Gasteiger partial charge in [-0.25, -0.2) is 9.59 Å². The molecule has 0 heterocycles. The Morgan fingerprint density at radius 2 is 1.61 bits per heavy atom. The summed E-state index contributed by atoms with van der Waals surface area (Å²) in [7, 11) is 1.17. The van der Waals surface area contributed by atoms with Crippen molar-refractivity contribution in [3.05, 3.63) is 69.7 Å². The molecule has 0 aliphatic carbocycles. The number of carbonyl (C=O) groups is 3. The maximum Gasteiger partial charge on any atom is 0.408 e. The molecule has 0 fully saturated rings. The van der Waals surface area contributed by atoms with Gasteiger partial charge >= 0.3 is 12.1 Å². The highest BCUT2D eigenvalue weighted by Crippen LogP contribution is 2.25. The van der Waals surface area contributed by atoms with E-state index in [9.17, 15) is 19.5 Å². The number of benzene rings is 2. The lowest BCUT2D eigenvalue weighted by Gasteiger charge is -2.21. The van der Waals surface area contributed by atoms with E-state index in [0.717, 1.165) is 5.56 Å². The highest BCUT2D eigenvalue weighted by molar-refractivity contribution is 6.36. The highest BCUT2D eigenvalue weighted by Gasteiger charge is 2.28. The van der Waals surface area contributed by atoms with Crippen LogP contribution in [0.25, 0.3) is 0 Å². The molecule has 0 spiro atoms. The van der Waals surface area contributed by atoms with Crippen LogP contribution in [0.15, 0.2) is 48.5 Å². The molecule has 0 aliphatic rings. The Hall–Kier alpha value is -2.81. The SMILES string of the molecule is COC(=O)[C@@H](Cc1c(Cl)cccc1Cl)NC(=O)[C@H](CO)NC(=O)OCc1ccccc1. The molecule has 2 aromatic carbocycles. The fourth-order valence-electron chi connectivity index (χ4n) is 2.64. The van der Waals surface area contributed by atoms with E-state index < -0.39 is 36.7 Å². The van der Waals surface area contributed by atoms with Gasteiger partial charge in [-0.2, -0.15) is 0 Å². The summed E-state index contributed by atoms with van der Waals surface area (Å²) in [6, 6.07) is 11.3. The van der Waals surface area contributed by atoms with Gasteiger partial charge in [-0.15, -0.1) is 0 Å². The summed E-state index contributed by atoms with van der Waals surface area (Å²) >= 11 is 12.3. The minimum Gasteiger partial charge on any atom is -0.467 e. The molecule has 3 N–H and O–H groups in total. The number of alkyl carbamates (subject to hydrolysis) is 1. The van der Waals surface area contributed by atoms with Crippen molar-refractivity contribution in [1.29, 1.82) is 0 Å². The van der Waals surface area contributed by atoms with Gasteiger partial charge in [0.2, 0.25) is 5.91 Å². The lowest BCUT2D eigenvalue weighted by Crippen LogP contribution is -2.54.